The van der Waals surface area contributed by atoms with Crippen LogP contribution in [-0.4, -0.2) is 40.6 Å². The minimum atomic E-state index is -0.122. The van der Waals surface area contributed by atoms with E-state index in [-0.39, 0.29) is 5.91 Å². The molecular formula is C25H26N6O2. The van der Waals surface area contributed by atoms with Gasteiger partial charge in [0.15, 0.2) is 0 Å². The third kappa shape index (κ3) is 5.88. The molecule has 8 heteroatoms. The summed E-state index contributed by atoms with van der Waals surface area (Å²) in [6.45, 7) is 2.85. The fraction of sp³-hybridized carbons (Fsp3) is 0.160. The number of ether oxygens (including phenoxy) is 1. The molecule has 0 aliphatic rings. The summed E-state index contributed by atoms with van der Waals surface area (Å²) >= 11 is 0. The highest BCUT2D eigenvalue weighted by molar-refractivity contribution is 5.94. The number of hydrogen-bond acceptors (Lipinski definition) is 6. The molecule has 4 rings (SSSR count). The van der Waals surface area contributed by atoms with Crippen LogP contribution < -0.4 is 20.7 Å². The van der Waals surface area contributed by atoms with E-state index in [0.29, 0.717) is 30.4 Å². The zero-order valence-electron chi connectivity index (χ0n) is 18.6. The molecule has 0 saturated carbocycles. The van der Waals surface area contributed by atoms with Crippen molar-refractivity contribution in [1.82, 2.24) is 19.9 Å². The summed E-state index contributed by atoms with van der Waals surface area (Å²) in [5.74, 6) is 1.85. The van der Waals surface area contributed by atoms with Gasteiger partial charge in [0.1, 0.15) is 11.6 Å². The first-order chi connectivity index (χ1) is 16.1. The highest BCUT2D eigenvalue weighted by Gasteiger charge is 2.06. The van der Waals surface area contributed by atoms with Crippen molar-refractivity contribution in [1.29, 1.82) is 0 Å². The average molecular weight is 443 g/mol. The molecule has 0 bridgehead atoms. The first-order valence-electron chi connectivity index (χ1n) is 10.6. The number of anilines is 3. The van der Waals surface area contributed by atoms with E-state index in [1.165, 1.54) is 0 Å². The molecule has 0 fully saturated rings. The monoisotopic (exact) mass is 442 g/mol. The van der Waals surface area contributed by atoms with Crippen molar-refractivity contribution in [3.8, 4) is 11.4 Å². The Balaban J connectivity index is 1.28. The molecule has 0 saturated heterocycles. The molecule has 1 amide bonds. The fourth-order valence-corrected chi connectivity index (χ4v) is 3.28. The van der Waals surface area contributed by atoms with Crippen LogP contribution in [0.1, 0.15) is 16.1 Å². The Hall–Kier alpha value is -4.33. The summed E-state index contributed by atoms with van der Waals surface area (Å²) in [5.41, 5.74) is 3.35. The topological polar surface area (TPSA) is 93.1 Å². The first kappa shape index (κ1) is 21.9. The van der Waals surface area contributed by atoms with Crippen LogP contribution in [0.25, 0.3) is 5.69 Å². The van der Waals surface area contributed by atoms with Crippen LogP contribution in [0.15, 0.2) is 79.1 Å². The lowest BCUT2D eigenvalue weighted by atomic mass is 10.2. The second-order valence-electron chi connectivity index (χ2n) is 7.39. The number of methoxy groups -OCH3 is 1. The van der Waals surface area contributed by atoms with Gasteiger partial charge in [0, 0.05) is 54.2 Å². The second kappa shape index (κ2) is 10.3. The molecule has 0 unspecified atom stereocenters. The minimum absolute atomic E-state index is 0.122. The maximum Gasteiger partial charge on any atom is 0.251 e. The van der Waals surface area contributed by atoms with Gasteiger partial charge < -0.3 is 25.3 Å². The van der Waals surface area contributed by atoms with E-state index in [9.17, 15) is 4.79 Å². The van der Waals surface area contributed by atoms with Gasteiger partial charge >= 0.3 is 0 Å². The molecule has 0 radical (unpaired) electrons. The van der Waals surface area contributed by atoms with Gasteiger partial charge in [0.05, 0.1) is 7.11 Å². The lowest BCUT2D eigenvalue weighted by molar-refractivity contribution is 0.0955. The summed E-state index contributed by atoms with van der Waals surface area (Å²) in [6.07, 6.45) is 3.93. The van der Waals surface area contributed by atoms with Crippen molar-refractivity contribution in [2.75, 3.05) is 30.8 Å². The maximum absolute atomic E-state index is 12.4. The standard InChI is InChI=1S/C25H26N6O2/c1-18-17-23(29-20-7-11-22(33-2)12-8-20)30-25(28-18)27-14-13-26-24(32)19-5-9-21(10-6-19)31-15-3-4-16-31/h3-12,15-17H,13-14H2,1-2H3,(H,26,32)(H2,27,28,29,30). The van der Waals surface area contributed by atoms with Crippen molar-refractivity contribution >= 4 is 23.4 Å². The Bertz CT molecular complexity index is 1190. The van der Waals surface area contributed by atoms with E-state index in [2.05, 4.69) is 25.9 Å². The van der Waals surface area contributed by atoms with Gasteiger partial charge in [-0.3, -0.25) is 4.79 Å². The van der Waals surface area contributed by atoms with Crippen molar-refractivity contribution in [3.05, 3.63) is 90.4 Å². The molecule has 2 heterocycles. The molecule has 8 nitrogen and oxygen atoms in total. The van der Waals surface area contributed by atoms with Crippen molar-refractivity contribution in [3.63, 3.8) is 0 Å². The number of aromatic nitrogens is 3. The summed E-state index contributed by atoms with van der Waals surface area (Å²) in [7, 11) is 1.64. The molecular weight excluding hydrogens is 416 g/mol. The number of amides is 1. The van der Waals surface area contributed by atoms with Gasteiger partial charge in [0.2, 0.25) is 5.95 Å². The number of aryl methyl sites for hydroxylation is 1. The number of benzene rings is 2. The van der Waals surface area contributed by atoms with Gasteiger partial charge in [0.25, 0.3) is 5.91 Å². The zero-order chi connectivity index (χ0) is 23.0. The normalized spacial score (nSPS) is 10.5. The summed E-state index contributed by atoms with van der Waals surface area (Å²) in [4.78, 5) is 21.3. The Morgan fingerprint density at radius 2 is 1.70 bits per heavy atom. The van der Waals surface area contributed by atoms with Crippen LogP contribution in [0.3, 0.4) is 0 Å². The van der Waals surface area contributed by atoms with Gasteiger partial charge in [-0.2, -0.15) is 4.98 Å². The van der Waals surface area contributed by atoms with Gasteiger partial charge in [-0.1, -0.05) is 0 Å². The van der Waals surface area contributed by atoms with E-state index < -0.39 is 0 Å². The van der Waals surface area contributed by atoms with E-state index >= 15 is 0 Å². The van der Waals surface area contributed by atoms with Crippen LogP contribution in [0.4, 0.5) is 17.5 Å². The summed E-state index contributed by atoms with van der Waals surface area (Å²) in [5, 5.41) is 9.34. The lowest BCUT2D eigenvalue weighted by Gasteiger charge is -2.11. The van der Waals surface area contributed by atoms with Crippen molar-refractivity contribution in [2.45, 2.75) is 6.92 Å². The van der Waals surface area contributed by atoms with E-state index in [0.717, 1.165) is 22.8 Å². The second-order valence-corrected chi connectivity index (χ2v) is 7.39. The number of carbonyl (C=O) groups excluding carboxylic acids is 1. The molecule has 0 aliphatic heterocycles. The number of nitrogens with one attached hydrogen (secondary N) is 3. The largest absolute Gasteiger partial charge is 0.497 e. The van der Waals surface area contributed by atoms with E-state index in [1.807, 2.05) is 90.6 Å². The SMILES string of the molecule is COc1ccc(Nc2cc(C)nc(NCCNC(=O)c3ccc(-n4cccc4)cc3)n2)cc1. The number of hydrogen-bond donors (Lipinski definition) is 3. The predicted molar refractivity (Wildman–Crippen MR) is 130 cm³/mol. The highest BCUT2D eigenvalue weighted by Crippen LogP contribution is 2.20. The number of carbonyl (C=O) groups is 1. The Kier molecular flexibility index (Phi) is 6.84. The third-order valence-corrected chi connectivity index (χ3v) is 4.94. The van der Waals surface area contributed by atoms with Gasteiger partial charge in [-0.25, -0.2) is 4.98 Å². The lowest BCUT2D eigenvalue weighted by Crippen LogP contribution is -2.29. The summed E-state index contributed by atoms with van der Waals surface area (Å²) < 4.78 is 7.17. The van der Waals surface area contributed by atoms with E-state index in [1.54, 1.807) is 7.11 Å². The first-order valence-corrected chi connectivity index (χ1v) is 10.6. The molecule has 168 valence electrons. The van der Waals surface area contributed by atoms with Gasteiger partial charge in [-0.05, 0) is 67.6 Å². The Morgan fingerprint density at radius 3 is 2.39 bits per heavy atom. The highest BCUT2D eigenvalue weighted by atomic mass is 16.5. The Morgan fingerprint density at radius 1 is 0.970 bits per heavy atom. The summed E-state index contributed by atoms with van der Waals surface area (Å²) in [6, 6.07) is 20.9. The fourth-order valence-electron chi connectivity index (χ4n) is 3.28. The maximum atomic E-state index is 12.4. The smallest absolute Gasteiger partial charge is 0.251 e. The van der Waals surface area contributed by atoms with Crippen LogP contribution in [0.5, 0.6) is 5.75 Å². The van der Waals surface area contributed by atoms with Crippen LogP contribution >= 0.6 is 0 Å². The average Bonchev–Trinajstić information content (AvgIpc) is 3.37. The molecule has 3 N–H and O–H groups in total. The molecule has 33 heavy (non-hydrogen) atoms. The van der Waals surface area contributed by atoms with Crippen LogP contribution in [0, 0.1) is 6.92 Å². The van der Waals surface area contributed by atoms with Gasteiger partial charge in [-0.15, -0.1) is 0 Å². The molecule has 2 aromatic carbocycles. The zero-order valence-corrected chi connectivity index (χ0v) is 18.6. The number of rotatable bonds is 9. The molecule has 2 aromatic heterocycles. The van der Waals surface area contributed by atoms with Crippen molar-refractivity contribution in [2.24, 2.45) is 0 Å². The van der Waals surface area contributed by atoms with Crippen LogP contribution in [-0.2, 0) is 0 Å². The molecule has 0 spiro atoms. The third-order valence-electron chi connectivity index (χ3n) is 4.94. The quantitative estimate of drug-likeness (QED) is 0.337. The Labute approximate surface area is 192 Å². The minimum Gasteiger partial charge on any atom is -0.497 e. The molecule has 0 atom stereocenters. The molecule has 0 aliphatic carbocycles. The molecule has 4 aromatic rings. The number of nitrogens with zero attached hydrogens (tertiary/aromatic N) is 3. The van der Waals surface area contributed by atoms with Crippen LogP contribution in [0.2, 0.25) is 0 Å². The van der Waals surface area contributed by atoms with E-state index in [4.69, 9.17) is 4.74 Å². The van der Waals surface area contributed by atoms with Crippen molar-refractivity contribution < 1.29 is 9.53 Å². The predicted octanol–water partition coefficient (Wildman–Crippen LogP) is 4.17.